The first-order valence-electron chi connectivity index (χ1n) is 5.93. The molecule has 1 aromatic carbocycles. The average Bonchev–Trinajstić information content (AvgIpc) is 2.75. The Morgan fingerprint density at radius 1 is 1.21 bits per heavy atom. The standard InChI is InChI=1S/C15H16O3S/c1-8-9(2)13(18-4)6-5-11(8)14-10(3)19-7-12(14)15(16)17/h5-7H,1-4H3,(H,16,17). The number of aryl methyl sites for hydroxylation is 1. The lowest BCUT2D eigenvalue weighted by Crippen LogP contribution is -1.99. The van der Waals surface area contributed by atoms with Crippen LogP contribution in [0.4, 0.5) is 0 Å². The number of rotatable bonds is 3. The zero-order chi connectivity index (χ0) is 14.2. The number of thiophene rings is 1. The zero-order valence-corrected chi connectivity index (χ0v) is 12.2. The fourth-order valence-electron chi connectivity index (χ4n) is 2.23. The second-order valence-electron chi connectivity index (χ2n) is 4.45. The molecular formula is C15H16O3S. The van der Waals surface area contributed by atoms with Crippen LogP contribution >= 0.6 is 11.3 Å². The van der Waals surface area contributed by atoms with E-state index in [9.17, 15) is 9.90 Å². The average molecular weight is 276 g/mol. The first-order valence-corrected chi connectivity index (χ1v) is 6.81. The molecule has 0 amide bonds. The van der Waals surface area contributed by atoms with Gasteiger partial charge in [0.05, 0.1) is 12.7 Å². The second kappa shape index (κ2) is 5.05. The van der Waals surface area contributed by atoms with Gasteiger partial charge in [0, 0.05) is 15.8 Å². The summed E-state index contributed by atoms with van der Waals surface area (Å²) in [7, 11) is 1.64. The molecule has 0 saturated carbocycles. The molecule has 0 aliphatic carbocycles. The van der Waals surface area contributed by atoms with Crippen LogP contribution in [-0.2, 0) is 0 Å². The molecular weight excluding hydrogens is 260 g/mol. The molecule has 3 nitrogen and oxygen atoms in total. The van der Waals surface area contributed by atoms with E-state index in [1.54, 1.807) is 12.5 Å². The van der Waals surface area contributed by atoms with Gasteiger partial charge in [0.1, 0.15) is 5.75 Å². The Balaban J connectivity index is 2.70. The molecule has 0 spiro atoms. The third-order valence-electron chi connectivity index (χ3n) is 3.43. The highest BCUT2D eigenvalue weighted by Gasteiger charge is 2.19. The first-order chi connectivity index (χ1) is 8.97. The van der Waals surface area contributed by atoms with Crippen molar-refractivity contribution in [2.75, 3.05) is 7.11 Å². The summed E-state index contributed by atoms with van der Waals surface area (Å²) in [5.74, 6) is -0.0572. The summed E-state index contributed by atoms with van der Waals surface area (Å²) in [4.78, 5) is 12.3. The minimum Gasteiger partial charge on any atom is -0.496 e. The van der Waals surface area contributed by atoms with E-state index in [-0.39, 0.29) is 0 Å². The summed E-state index contributed by atoms with van der Waals surface area (Å²) in [6, 6.07) is 3.82. The summed E-state index contributed by atoms with van der Waals surface area (Å²) in [5, 5.41) is 11.0. The Morgan fingerprint density at radius 2 is 1.89 bits per heavy atom. The van der Waals surface area contributed by atoms with E-state index < -0.39 is 5.97 Å². The van der Waals surface area contributed by atoms with Crippen LogP contribution in [0.15, 0.2) is 17.5 Å². The lowest BCUT2D eigenvalue weighted by molar-refractivity contribution is 0.0698. The van der Waals surface area contributed by atoms with Crippen molar-refractivity contribution in [1.29, 1.82) is 0 Å². The Bertz CT molecular complexity index is 641. The van der Waals surface area contributed by atoms with Crippen molar-refractivity contribution in [2.24, 2.45) is 0 Å². The Kier molecular flexibility index (Phi) is 3.62. The second-order valence-corrected chi connectivity index (χ2v) is 5.53. The topological polar surface area (TPSA) is 46.5 Å². The van der Waals surface area contributed by atoms with Gasteiger partial charge in [0.25, 0.3) is 0 Å². The predicted molar refractivity (Wildman–Crippen MR) is 77.5 cm³/mol. The highest BCUT2D eigenvalue weighted by atomic mass is 32.1. The molecule has 2 aromatic rings. The number of carboxylic acids is 1. The van der Waals surface area contributed by atoms with E-state index in [1.807, 2.05) is 32.9 Å². The minimum atomic E-state index is -0.882. The lowest BCUT2D eigenvalue weighted by atomic mass is 9.94. The molecule has 1 N–H and O–H groups in total. The molecule has 0 aliphatic heterocycles. The van der Waals surface area contributed by atoms with Crippen molar-refractivity contribution in [3.63, 3.8) is 0 Å². The number of hydrogen-bond acceptors (Lipinski definition) is 3. The monoisotopic (exact) mass is 276 g/mol. The van der Waals surface area contributed by atoms with Gasteiger partial charge >= 0.3 is 5.97 Å². The van der Waals surface area contributed by atoms with Gasteiger partial charge in [-0.1, -0.05) is 6.07 Å². The van der Waals surface area contributed by atoms with E-state index in [0.717, 1.165) is 32.9 Å². The van der Waals surface area contributed by atoms with Crippen molar-refractivity contribution in [3.8, 4) is 16.9 Å². The van der Waals surface area contributed by atoms with Gasteiger partial charge in [0.15, 0.2) is 0 Å². The van der Waals surface area contributed by atoms with Gasteiger partial charge in [-0.3, -0.25) is 0 Å². The maximum absolute atomic E-state index is 11.3. The highest BCUT2D eigenvalue weighted by Crippen LogP contribution is 2.37. The van der Waals surface area contributed by atoms with Crippen LogP contribution in [0.25, 0.3) is 11.1 Å². The molecule has 0 aliphatic rings. The summed E-state index contributed by atoms with van der Waals surface area (Å²) in [5.41, 5.74) is 4.26. The van der Waals surface area contributed by atoms with Crippen LogP contribution in [-0.4, -0.2) is 18.2 Å². The molecule has 1 aromatic heterocycles. The van der Waals surface area contributed by atoms with Gasteiger partial charge in [0.2, 0.25) is 0 Å². The third-order valence-corrected chi connectivity index (χ3v) is 4.34. The smallest absolute Gasteiger partial charge is 0.337 e. The van der Waals surface area contributed by atoms with E-state index >= 15 is 0 Å². The summed E-state index contributed by atoms with van der Waals surface area (Å²) in [6.45, 7) is 5.93. The van der Waals surface area contributed by atoms with Crippen LogP contribution in [0, 0.1) is 20.8 Å². The van der Waals surface area contributed by atoms with E-state index in [0.29, 0.717) is 5.56 Å². The van der Waals surface area contributed by atoms with Crippen LogP contribution in [0.5, 0.6) is 5.75 Å². The summed E-state index contributed by atoms with van der Waals surface area (Å²) < 4.78 is 5.29. The normalized spacial score (nSPS) is 10.5. The summed E-state index contributed by atoms with van der Waals surface area (Å²) in [6.07, 6.45) is 0. The maximum atomic E-state index is 11.3. The van der Waals surface area contributed by atoms with Gasteiger partial charge in [-0.2, -0.15) is 0 Å². The van der Waals surface area contributed by atoms with Crippen LogP contribution in [0.1, 0.15) is 26.4 Å². The molecule has 2 rings (SSSR count). The van der Waals surface area contributed by atoms with Crippen LogP contribution in [0.3, 0.4) is 0 Å². The van der Waals surface area contributed by atoms with Crippen molar-refractivity contribution in [3.05, 3.63) is 39.1 Å². The molecule has 0 fully saturated rings. The van der Waals surface area contributed by atoms with E-state index in [4.69, 9.17) is 4.74 Å². The van der Waals surface area contributed by atoms with Gasteiger partial charge in [-0.25, -0.2) is 4.79 Å². The molecule has 0 saturated heterocycles. The third kappa shape index (κ3) is 2.24. The number of ether oxygens (including phenoxy) is 1. The van der Waals surface area contributed by atoms with Crippen LogP contribution < -0.4 is 4.74 Å². The number of carboxylic acid groups (broad SMARTS) is 1. The molecule has 4 heteroatoms. The molecule has 0 unspecified atom stereocenters. The SMILES string of the molecule is COc1ccc(-c2c(C(=O)O)csc2C)c(C)c1C. The molecule has 0 radical (unpaired) electrons. The number of benzene rings is 1. The molecule has 1 heterocycles. The van der Waals surface area contributed by atoms with Crippen LogP contribution in [0.2, 0.25) is 0 Å². The number of hydrogen-bond donors (Lipinski definition) is 1. The van der Waals surface area contributed by atoms with Crippen molar-refractivity contribution < 1.29 is 14.6 Å². The van der Waals surface area contributed by atoms with E-state index in [1.165, 1.54) is 11.3 Å². The fraction of sp³-hybridized carbons (Fsp3) is 0.267. The number of carbonyl (C=O) groups is 1. The maximum Gasteiger partial charge on any atom is 0.337 e. The molecule has 0 bridgehead atoms. The van der Waals surface area contributed by atoms with Crippen molar-refractivity contribution >= 4 is 17.3 Å². The Hall–Kier alpha value is -1.81. The summed E-state index contributed by atoms with van der Waals surface area (Å²) >= 11 is 1.47. The number of methoxy groups -OCH3 is 1. The lowest BCUT2D eigenvalue weighted by Gasteiger charge is -2.13. The zero-order valence-electron chi connectivity index (χ0n) is 11.4. The predicted octanol–water partition coefficient (Wildman–Crippen LogP) is 4.05. The highest BCUT2D eigenvalue weighted by molar-refractivity contribution is 7.10. The first kappa shape index (κ1) is 13.6. The van der Waals surface area contributed by atoms with Gasteiger partial charge in [-0.05, 0) is 43.5 Å². The van der Waals surface area contributed by atoms with E-state index in [2.05, 4.69) is 0 Å². The van der Waals surface area contributed by atoms with Crippen molar-refractivity contribution in [1.82, 2.24) is 0 Å². The fourth-order valence-corrected chi connectivity index (χ4v) is 3.09. The quantitative estimate of drug-likeness (QED) is 0.920. The Labute approximate surface area is 116 Å². The number of aromatic carboxylic acids is 1. The molecule has 100 valence electrons. The van der Waals surface area contributed by atoms with Gasteiger partial charge < -0.3 is 9.84 Å². The van der Waals surface area contributed by atoms with Crippen molar-refractivity contribution in [2.45, 2.75) is 20.8 Å². The largest absolute Gasteiger partial charge is 0.496 e. The molecule has 0 atom stereocenters. The molecule has 19 heavy (non-hydrogen) atoms. The Morgan fingerprint density at radius 3 is 2.47 bits per heavy atom. The minimum absolute atomic E-state index is 0.371. The van der Waals surface area contributed by atoms with Gasteiger partial charge in [-0.15, -0.1) is 11.3 Å².